The second-order valence-electron chi connectivity index (χ2n) is 9.75. The average Bonchev–Trinajstić information content (AvgIpc) is 3.02. The molecule has 0 saturated carbocycles. The van der Waals surface area contributed by atoms with E-state index < -0.39 is 0 Å². The minimum absolute atomic E-state index is 0.0887. The van der Waals surface area contributed by atoms with Crippen LogP contribution in [0.25, 0.3) is 28.0 Å². The molecule has 0 bridgehead atoms. The van der Waals surface area contributed by atoms with Crippen LogP contribution in [0.15, 0.2) is 152 Å². The van der Waals surface area contributed by atoms with Gasteiger partial charge in [-0.05, 0) is 70.6 Å². The summed E-state index contributed by atoms with van der Waals surface area (Å²) >= 11 is 0. The number of nitrogens with zero attached hydrogens (tertiary/aromatic N) is 1. The Morgan fingerprint density at radius 2 is 1.05 bits per heavy atom. The number of benzene rings is 6. The van der Waals surface area contributed by atoms with Crippen LogP contribution >= 0.6 is 0 Å². The Morgan fingerprint density at radius 3 is 1.69 bits per heavy atom. The maximum Gasteiger partial charge on any atom is 0.142 e. The lowest BCUT2D eigenvalue weighted by molar-refractivity contribution is 0.255. The lowest BCUT2D eigenvalue weighted by Gasteiger charge is -2.26. The molecule has 2 heteroatoms. The van der Waals surface area contributed by atoms with Gasteiger partial charge in [0.2, 0.25) is 0 Å². The smallest absolute Gasteiger partial charge is 0.142 e. The fraction of sp³-hybridized carbons (Fsp3) is 0.0270. The van der Waals surface area contributed by atoms with Crippen molar-refractivity contribution in [3.63, 3.8) is 0 Å². The third-order valence-corrected chi connectivity index (χ3v) is 7.31. The van der Waals surface area contributed by atoms with Gasteiger partial charge in [-0.25, -0.2) is 0 Å². The molecule has 6 aromatic rings. The molecule has 39 heavy (non-hydrogen) atoms. The quantitative estimate of drug-likeness (QED) is 0.233. The first-order valence-corrected chi connectivity index (χ1v) is 13.3. The summed E-state index contributed by atoms with van der Waals surface area (Å²) in [6.45, 7) is 0. The summed E-state index contributed by atoms with van der Waals surface area (Å²) in [7, 11) is 0. The first kappa shape index (κ1) is 23.1. The predicted molar refractivity (Wildman–Crippen MR) is 163 cm³/mol. The Labute approximate surface area is 229 Å². The molecule has 0 amide bonds. The van der Waals surface area contributed by atoms with Gasteiger partial charge in [0.25, 0.3) is 0 Å². The fourth-order valence-corrected chi connectivity index (χ4v) is 5.44. The molecule has 1 aliphatic heterocycles. The predicted octanol–water partition coefficient (Wildman–Crippen LogP) is 10.1. The van der Waals surface area contributed by atoms with Crippen LogP contribution in [0.1, 0.15) is 17.2 Å². The Morgan fingerprint density at radius 1 is 0.513 bits per heavy atom. The summed E-state index contributed by atoms with van der Waals surface area (Å²) < 4.78 is 6.58. The molecule has 1 aliphatic rings. The van der Waals surface area contributed by atoms with Crippen molar-refractivity contribution in [2.24, 2.45) is 0 Å². The van der Waals surface area contributed by atoms with Crippen molar-refractivity contribution in [1.29, 1.82) is 0 Å². The number of ether oxygens (including phenoxy) is 1. The Balaban J connectivity index is 1.30. The van der Waals surface area contributed by atoms with Crippen molar-refractivity contribution in [2.45, 2.75) is 6.10 Å². The van der Waals surface area contributed by atoms with Gasteiger partial charge in [0.1, 0.15) is 11.9 Å². The third-order valence-electron chi connectivity index (χ3n) is 7.31. The maximum atomic E-state index is 6.58. The summed E-state index contributed by atoms with van der Waals surface area (Å²) in [6, 6.07) is 51.1. The molecule has 0 radical (unpaired) electrons. The number of hydrogen-bond acceptors (Lipinski definition) is 2. The monoisotopic (exact) mass is 501 g/mol. The van der Waals surface area contributed by atoms with Gasteiger partial charge in [0.05, 0.1) is 0 Å². The third kappa shape index (κ3) is 4.36. The lowest BCUT2D eigenvalue weighted by Crippen LogP contribution is -2.10. The van der Waals surface area contributed by atoms with E-state index in [2.05, 4.69) is 157 Å². The lowest BCUT2D eigenvalue weighted by atomic mass is 9.92. The van der Waals surface area contributed by atoms with Crippen molar-refractivity contribution in [2.75, 3.05) is 4.90 Å². The molecule has 2 nitrogen and oxygen atoms in total. The van der Waals surface area contributed by atoms with Gasteiger partial charge in [-0.3, -0.25) is 0 Å². The van der Waals surface area contributed by atoms with E-state index in [-0.39, 0.29) is 6.10 Å². The SMILES string of the molecule is C1=CC(c2ccccc2)Oc2c1cc(-c1ccc(N(c3ccccc3)c3ccccc3)cc1)c1ccccc21. The topological polar surface area (TPSA) is 12.5 Å². The largest absolute Gasteiger partial charge is 0.480 e. The number of hydrogen-bond donors (Lipinski definition) is 0. The number of anilines is 3. The van der Waals surface area contributed by atoms with E-state index in [1.54, 1.807) is 0 Å². The zero-order valence-electron chi connectivity index (χ0n) is 21.4. The highest BCUT2D eigenvalue weighted by molar-refractivity contribution is 6.03. The summed E-state index contributed by atoms with van der Waals surface area (Å²) in [5, 5.41) is 2.32. The summed E-state index contributed by atoms with van der Waals surface area (Å²) in [5.74, 6) is 0.946. The highest BCUT2D eigenvalue weighted by atomic mass is 16.5. The average molecular weight is 502 g/mol. The standard InChI is InChI=1S/C37H27NO/c1-4-12-28(13-5-1)36-25-22-29-26-35(33-18-10-11-19-34(33)37(29)39-36)27-20-23-32(24-21-27)38(30-14-6-2-7-15-30)31-16-8-3-9-17-31/h1-26,36H. The van der Waals surface area contributed by atoms with Gasteiger partial charge >= 0.3 is 0 Å². The van der Waals surface area contributed by atoms with Gasteiger partial charge in [-0.15, -0.1) is 0 Å². The Kier molecular flexibility index (Phi) is 5.91. The van der Waals surface area contributed by atoms with Crippen LogP contribution in [0.3, 0.4) is 0 Å². The van der Waals surface area contributed by atoms with Crippen LogP contribution in [0.4, 0.5) is 17.1 Å². The molecular weight excluding hydrogens is 474 g/mol. The first-order valence-electron chi connectivity index (χ1n) is 13.3. The summed E-state index contributed by atoms with van der Waals surface area (Å²) in [5.41, 5.74) is 8.02. The van der Waals surface area contributed by atoms with Gasteiger partial charge in [-0.1, -0.05) is 109 Å². The van der Waals surface area contributed by atoms with E-state index >= 15 is 0 Å². The van der Waals surface area contributed by atoms with E-state index in [0.29, 0.717) is 0 Å². The summed E-state index contributed by atoms with van der Waals surface area (Å²) in [4.78, 5) is 2.29. The molecule has 1 heterocycles. The van der Waals surface area contributed by atoms with Crippen LogP contribution in [-0.2, 0) is 0 Å². The Bertz CT molecular complexity index is 1720. The molecule has 0 aromatic heterocycles. The number of fused-ring (bicyclic) bond motifs is 3. The van der Waals surface area contributed by atoms with E-state index in [9.17, 15) is 0 Å². The highest BCUT2D eigenvalue weighted by Crippen LogP contribution is 2.43. The van der Waals surface area contributed by atoms with Crippen LogP contribution in [0.5, 0.6) is 5.75 Å². The first-order chi connectivity index (χ1) is 19.3. The number of rotatable bonds is 5. The fourth-order valence-electron chi connectivity index (χ4n) is 5.44. The van der Waals surface area contributed by atoms with E-state index in [1.165, 1.54) is 16.5 Å². The van der Waals surface area contributed by atoms with Crippen LogP contribution < -0.4 is 9.64 Å². The van der Waals surface area contributed by atoms with E-state index in [0.717, 1.165) is 39.3 Å². The van der Waals surface area contributed by atoms with Gasteiger partial charge < -0.3 is 9.64 Å². The van der Waals surface area contributed by atoms with E-state index in [1.807, 2.05) is 6.07 Å². The van der Waals surface area contributed by atoms with Crippen molar-refractivity contribution >= 4 is 33.9 Å². The molecule has 0 fully saturated rings. The maximum absolute atomic E-state index is 6.58. The van der Waals surface area contributed by atoms with Crippen molar-refractivity contribution < 1.29 is 4.74 Å². The van der Waals surface area contributed by atoms with Crippen molar-refractivity contribution in [3.8, 4) is 16.9 Å². The zero-order valence-corrected chi connectivity index (χ0v) is 21.4. The van der Waals surface area contributed by atoms with Gasteiger partial charge in [-0.2, -0.15) is 0 Å². The normalized spacial score (nSPS) is 14.0. The van der Waals surface area contributed by atoms with E-state index in [4.69, 9.17) is 4.74 Å². The van der Waals surface area contributed by atoms with Crippen LogP contribution in [-0.4, -0.2) is 0 Å². The molecule has 0 N–H and O–H groups in total. The summed E-state index contributed by atoms with van der Waals surface area (Å²) in [6.07, 6.45) is 4.26. The second kappa shape index (κ2) is 10.00. The van der Waals surface area contributed by atoms with Crippen LogP contribution in [0.2, 0.25) is 0 Å². The second-order valence-corrected chi connectivity index (χ2v) is 9.75. The van der Waals surface area contributed by atoms with Crippen molar-refractivity contribution in [1.82, 2.24) is 0 Å². The molecule has 0 aliphatic carbocycles. The minimum atomic E-state index is -0.0887. The molecule has 1 atom stereocenters. The molecule has 0 spiro atoms. The molecule has 1 unspecified atom stereocenters. The highest BCUT2D eigenvalue weighted by Gasteiger charge is 2.21. The molecular formula is C37H27NO. The Hall–Kier alpha value is -5.08. The minimum Gasteiger partial charge on any atom is -0.480 e. The van der Waals surface area contributed by atoms with Gasteiger partial charge in [0, 0.05) is 28.0 Å². The van der Waals surface area contributed by atoms with Gasteiger partial charge in [0.15, 0.2) is 0 Å². The molecule has 186 valence electrons. The molecule has 0 saturated heterocycles. The molecule has 7 rings (SSSR count). The molecule has 6 aromatic carbocycles. The van der Waals surface area contributed by atoms with Crippen LogP contribution in [0, 0.1) is 0 Å². The van der Waals surface area contributed by atoms with Crippen molar-refractivity contribution in [3.05, 3.63) is 163 Å². The zero-order chi connectivity index (χ0) is 26.0. The number of para-hydroxylation sites is 2.